The summed E-state index contributed by atoms with van der Waals surface area (Å²) in [5, 5.41) is 1.00. The van der Waals surface area contributed by atoms with E-state index in [1.54, 1.807) is 7.11 Å². The van der Waals surface area contributed by atoms with Gasteiger partial charge < -0.3 is 14.2 Å². The Morgan fingerprint density at radius 3 is 2.77 bits per heavy atom. The normalized spacial score (nSPS) is 18.8. The van der Waals surface area contributed by atoms with Gasteiger partial charge in [0.05, 0.1) is 7.11 Å². The first-order valence-electron chi connectivity index (χ1n) is 10.3. The highest BCUT2D eigenvalue weighted by atomic mass is 16.5. The summed E-state index contributed by atoms with van der Waals surface area (Å²) in [6.45, 7) is 0. The van der Waals surface area contributed by atoms with E-state index in [4.69, 9.17) is 19.2 Å². The van der Waals surface area contributed by atoms with Gasteiger partial charge in [-0.15, -0.1) is 0 Å². The molecular weight excluding hydrogens is 388 g/mol. The largest absolute Gasteiger partial charge is 0.494 e. The molecule has 3 aromatic carbocycles. The van der Waals surface area contributed by atoms with Gasteiger partial charge in [-0.1, -0.05) is 42.5 Å². The SMILES string of the molecule is COc1cccc2ccc(Oc3cccc(C4=N[C@@H]5c6ccccc6C[C@@H]5O4)c3)nc12. The van der Waals surface area contributed by atoms with E-state index in [0.717, 1.165) is 28.6 Å². The van der Waals surface area contributed by atoms with Crippen LogP contribution < -0.4 is 9.47 Å². The third-order valence-corrected chi connectivity index (χ3v) is 5.85. The Balaban J connectivity index is 1.28. The van der Waals surface area contributed by atoms with Crippen molar-refractivity contribution in [2.24, 2.45) is 4.99 Å². The lowest BCUT2D eigenvalue weighted by atomic mass is 10.1. The van der Waals surface area contributed by atoms with Crippen LogP contribution in [-0.4, -0.2) is 24.1 Å². The maximum absolute atomic E-state index is 6.21. The van der Waals surface area contributed by atoms with Crippen LogP contribution in [-0.2, 0) is 11.2 Å². The second-order valence-corrected chi connectivity index (χ2v) is 7.75. The molecule has 2 atom stereocenters. The van der Waals surface area contributed by atoms with Gasteiger partial charge in [-0.2, -0.15) is 0 Å². The number of nitrogens with zero attached hydrogens (tertiary/aromatic N) is 2. The molecule has 0 saturated carbocycles. The molecule has 0 unspecified atom stereocenters. The molecule has 1 aliphatic heterocycles. The van der Waals surface area contributed by atoms with Crippen molar-refractivity contribution in [3.05, 3.63) is 95.6 Å². The van der Waals surface area contributed by atoms with Crippen LogP contribution in [0.4, 0.5) is 0 Å². The lowest BCUT2D eigenvalue weighted by Gasteiger charge is -2.11. The molecule has 0 amide bonds. The Morgan fingerprint density at radius 2 is 1.84 bits per heavy atom. The van der Waals surface area contributed by atoms with Gasteiger partial charge in [-0.05, 0) is 41.5 Å². The van der Waals surface area contributed by atoms with Gasteiger partial charge in [-0.3, -0.25) is 0 Å². The fourth-order valence-corrected chi connectivity index (χ4v) is 4.38. The molecule has 152 valence electrons. The number of rotatable bonds is 4. The Bertz CT molecular complexity index is 1330. The van der Waals surface area contributed by atoms with Gasteiger partial charge in [0.1, 0.15) is 29.2 Å². The fourth-order valence-electron chi connectivity index (χ4n) is 4.38. The zero-order valence-corrected chi connectivity index (χ0v) is 17.0. The van der Waals surface area contributed by atoms with E-state index in [1.807, 2.05) is 54.6 Å². The van der Waals surface area contributed by atoms with E-state index in [-0.39, 0.29) is 12.1 Å². The average Bonchev–Trinajstić information content (AvgIpc) is 3.37. The number of hydrogen-bond acceptors (Lipinski definition) is 5. The minimum Gasteiger partial charge on any atom is -0.494 e. The summed E-state index contributed by atoms with van der Waals surface area (Å²) in [6.07, 6.45) is 0.971. The maximum Gasteiger partial charge on any atom is 0.219 e. The van der Waals surface area contributed by atoms with Crippen molar-refractivity contribution in [1.82, 2.24) is 4.98 Å². The standard InChI is InChI=1S/C26H20N2O3/c1-29-21-11-5-7-16-12-13-23(27-24(16)21)30-19-9-4-8-18(14-19)26-28-25-20-10-3-2-6-17(20)15-22(25)31-26/h2-14,22,25H,15H2,1H3/t22-,25+/m0/s1. The zero-order chi connectivity index (χ0) is 20.8. The van der Waals surface area contributed by atoms with E-state index in [0.29, 0.717) is 17.5 Å². The molecule has 0 bridgehead atoms. The summed E-state index contributed by atoms with van der Waals surface area (Å²) in [5.41, 5.74) is 4.27. The molecule has 31 heavy (non-hydrogen) atoms. The summed E-state index contributed by atoms with van der Waals surface area (Å²) in [7, 11) is 1.64. The number of para-hydroxylation sites is 1. The monoisotopic (exact) mass is 408 g/mol. The Morgan fingerprint density at radius 1 is 0.935 bits per heavy atom. The molecule has 2 aliphatic rings. The minimum absolute atomic E-state index is 0.0744. The minimum atomic E-state index is 0.0744. The second-order valence-electron chi connectivity index (χ2n) is 7.75. The molecule has 2 heterocycles. The summed E-state index contributed by atoms with van der Waals surface area (Å²) in [4.78, 5) is 9.51. The van der Waals surface area contributed by atoms with Crippen LogP contribution in [0.3, 0.4) is 0 Å². The fraction of sp³-hybridized carbons (Fsp3) is 0.154. The molecule has 4 aromatic rings. The number of aliphatic imine (C=N–C) groups is 1. The van der Waals surface area contributed by atoms with Crippen molar-refractivity contribution in [2.45, 2.75) is 18.6 Å². The second kappa shape index (κ2) is 7.13. The third-order valence-electron chi connectivity index (χ3n) is 5.85. The highest BCUT2D eigenvalue weighted by molar-refractivity contribution is 5.96. The molecule has 0 saturated heterocycles. The summed E-state index contributed by atoms with van der Waals surface area (Å²) < 4.78 is 17.7. The lowest BCUT2D eigenvalue weighted by Crippen LogP contribution is -2.13. The quantitative estimate of drug-likeness (QED) is 0.449. The summed E-state index contributed by atoms with van der Waals surface area (Å²) >= 11 is 0. The molecule has 0 spiro atoms. The Hall–Kier alpha value is -3.86. The van der Waals surface area contributed by atoms with Crippen molar-refractivity contribution < 1.29 is 14.2 Å². The number of methoxy groups -OCH3 is 1. The van der Waals surface area contributed by atoms with E-state index < -0.39 is 0 Å². The number of hydrogen-bond donors (Lipinski definition) is 0. The zero-order valence-electron chi connectivity index (χ0n) is 17.0. The van der Waals surface area contributed by atoms with Crippen molar-refractivity contribution in [3.63, 3.8) is 0 Å². The first-order valence-corrected chi connectivity index (χ1v) is 10.3. The van der Waals surface area contributed by atoms with Crippen LogP contribution in [0.25, 0.3) is 10.9 Å². The van der Waals surface area contributed by atoms with Gasteiger partial charge in [-0.25, -0.2) is 9.98 Å². The van der Waals surface area contributed by atoms with E-state index in [2.05, 4.69) is 29.2 Å². The molecule has 5 heteroatoms. The number of ether oxygens (including phenoxy) is 3. The van der Waals surface area contributed by atoms with E-state index in [1.165, 1.54) is 11.1 Å². The topological polar surface area (TPSA) is 52.9 Å². The van der Waals surface area contributed by atoms with Gasteiger partial charge in [0.15, 0.2) is 0 Å². The van der Waals surface area contributed by atoms with Gasteiger partial charge in [0.2, 0.25) is 11.8 Å². The van der Waals surface area contributed by atoms with Crippen LogP contribution in [0.5, 0.6) is 17.4 Å². The number of fused-ring (bicyclic) bond motifs is 4. The molecule has 0 fully saturated rings. The van der Waals surface area contributed by atoms with Crippen molar-refractivity contribution in [2.75, 3.05) is 7.11 Å². The highest BCUT2D eigenvalue weighted by Gasteiger charge is 2.39. The first kappa shape index (κ1) is 18.0. The van der Waals surface area contributed by atoms with Gasteiger partial charge in [0, 0.05) is 23.4 Å². The van der Waals surface area contributed by atoms with E-state index in [9.17, 15) is 0 Å². The number of pyridine rings is 1. The Labute approximate surface area is 179 Å². The van der Waals surface area contributed by atoms with Crippen LogP contribution in [0, 0.1) is 0 Å². The molecule has 0 radical (unpaired) electrons. The van der Waals surface area contributed by atoms with Crippen LogP contribution in [0.2, 0.25) is 0 Å². The lowest BCUT2D eigenvalue weighted by molar-refractivity contribution is 0.206. The van der Waals surface area contributed by atoms with Crippen molar-refractivity contribution in [3.8, 4) is 17.4 Å². The first-order chi connectivity index (χ1) is 15.3. The molecule has 1 aliphatic carbocycles. The predicted molar refractivity (Wildman–Crippen MR) is 119 cm³/mol. The smallest absolute Gasteiger partial charge is 0.219 e. The third kappa shape index (κ3) is 3.10. The van der Waals surface area contributed by atoms with Crippen LogP contribution in [0.15, 0.2) is 83.9 Å². The maximum atomic E-state index is 6.21. The molecular formula is C26H20N2O3. The van der Waals surface area contributed by atoms with Crippen LogP contribution >= 0.6 is 0 Å². The molecule has 0 N–H and O–H groups in total. The van der Waals surface area contributed by atoms with Crippen LogP contribution in [0.1, 0.15) is 22.7 Å². The van der Waals surface area contributed by atoms with Crippen molar-refractivity contribution in [1.29, 1.82) is 0 Å². The van der Waals surface area contributed by atoms with Gasteiger partial charge >= 0.3 is 0 Å². The molecule has 1 aromatic heterocycles. The molecule has 5 nitrogen and oxygen atoms in total. The number of aromatic nitrogens is 1. The highest BCUT2D eigenvalue weighted by Crippen LogP contribution is 2.41. The Kier molecular flexibility index (Phi) is 4.13. The average molecular weight is 408 g/mol. The summed E-state index contributed by atoms with van der Waals surface area (Å²) in [6, 6.07) is 26.0. The predicted octanol–water partition coefficient (Wildman–Crippen LogP) is 5.48. The molecule has 6 rings (SSSR count). The van der Waals surface area contributed by atoms with Crippen molar-refractivity contribution >= 4 is 16.8 Å². The summed E-state index contributed by atoms with van der Waals surface area (Å²) in [5.74, 6) is 2.58. The van der Waals surface area contributed by atoms with Gasteiger partial charge in [0.25, 0.3) is 0 Å². The number of benzene rings is 3. The van der Waals surface area contributed by atoms with E-state index >= 15 is 0 Å².